The van der Waals surface area contributed by atoms with Gasteiger partial charge in [0.1, 0.15) is 0 Å². The lowest BCUT2D eigenvalue weighted by Gasteiger charge is -2.23. The van der Waals surface area contributed by atoms with Gasteiger partial charge in [0, 0.05) is 0 Å². The van der Waals surface area contributed by atoms with Gasteiger partial charge >= 0.3 is 0 Å². The van der Waals surface area contributed by atoms with E-state index in [4.69, 9.17) is 0 Å². The summed E-state index contributed by atoms with van der Waals surface area (Å²) in [5, 5.41) is 1.66. The highest BCUT2D eigenvalue weighted by molar-refractivity contribution is 6.71. The molecule has 0 radical (unpaired) electrons. The minimum absolute atomic E-state index is 0.271. The van der Waals surface area contributed by atoms with Gasteiger partial charge in [0.15, 0.2) is 0 Å². The molecule has 0 aliphatic rings. The van der Waals surface area contributed by atoms with Gasteiger partial charge in [-0.2, -0.15) is 0 Å². The van der Waals surface area contributed by atoms with Gasteiger partial charge < -0.3 is 0 Å². The molecule has 0 aromatic heterocycles. The van der Waals surface area contributed by atoms with Crippen LogP contribution in [0.4, 0.5) is 0 Å². The molecule has 0 fully saturated rings. The summed E-state index contributed by atoms with van der Waals surface area (Å²) in [5.74, 6) is 0.652. The summed E-state index contributed by atoms with van der Waals surface area (Å²) in [6, 6.07) is 7.13. The van der Waals surface area contributed by atoms with Crippen LogP contribution in [0.1, 0.15) is 51.7 Å². The van der Waals surface area contributed by atoms with Crippen molar-refractivity contribution in [2.24, 2.45) is 0 Å². The lowest BCUT2D eigenvalue weighted by atomic mass is 9.86. The van der Waals surface area contributed by atoms with Crippen LogP contribution in [0.3, 0.4) is 0 Å². The molecule has 0 N–H and O–H groups in total. The van der Waals surface area contributed by atoms with Crippen LogP contribution < -0.4 is 5.19 Å². The minimum Gasteiger partial charge on any atom is -0.0682 e. The van der Waals surface area contributed by atoms with E-state index < -0.39 is 8.80 Å². The van der Waals surface area contributed by atoms with Crippen LogP contribution in [0, 0.1) is 0 Å². The highest BCUT2D eigenvalue weighted by atomic mass is 28.3. The van der Waals surface area contributed by atoms with Gasteiger partial charge in [-0.1, -0.05) is 71.1 Å². The molecule has 1 aromatic rings. The summed E-state index contributed by atoms with van der Waals surface area (Å²) in [6.45, 7) is 16.3. The van der Waals surface area contributed by atoms with E-state index in [1.807, 2.05) is 0 Å². The first-order valence-electron chi connectivity index (χ1n) is 6.37. The summed E-state index contributed by atoms with van der Waals surface area (Å²) >= 11 is 0. The number of hydrogen-bond acceptors (Lipinski definition) is 0. The zero-order chi connectivity index (χ0) is 12.5. The Morgan fingerprint density at radius 1 is 1.06 bits per heavy atom. The van der Waals surface area contributed by atoms with Crippen LogP contribution in [0.15, 0.2) is 18.2 Å². The van der Waals surface area contributed by atoms with E-state index in [1.54, 1.807) is 10.8 Å². The molecular formula is C15H26Si. The van der Waals surface area contributed by atoms with Crippen LogP contribution in [0.25, 0.3) is 0 Å². The van der Waals surface area contributed by atoms with Crippen LogP contribution in [-0.2, 0) is 5.41 Å². The molecular weight excluding hydrogens is 208 g/mol. The molecule has 0 nitrogen and oxygen atoms in total. The SMILES string of the molecule is CC(C)c1ccc(C(C)(C)C)cc1[SiH](C)C. The van der Waals surface area contributed by atoms with Gasteiger partial charge in [0.25, 0.3) is 0 Å². The van der Waals surface area contributed by atoms with Gasteiger partial charge in [-0.05, 0) is 22.5 Å². The van der Waals surface area contributed by atoms with Crippen molar-refractivity contribution in [1.29, 1.82) is 0 Å². The van der Waals surface area contributed by atoms with Gasteiger partial charge in [0.2, 0.25) is 0 Å². The summed E-state index contributed by atoms with van der Waals surface area (Å²) in [7, 11) is -0.724. The van der Waals surface area contributed by atoms with E-state index in [0.717, 1.165) is 0 Å². The summed E-state index contributed by atoms with van der Waals surface area (Å²) < 4.78 is 0. The number of benzene rings is 1. The molecule has 0 aliphatic heterocycles. The predicted molar refractivity (Wildman–Crippen MR) is 77.7 cm³/mol. The average Bonchev–Trinajstić information content (AvgIpc) is 2.15. The molecule has 16 heavy (non-hydrogen) atoms. The van der Waals surface area contributed by atoms with Gasteiger partial charge in [0.05, 0.1) is 8.80 Å². The lowest BCUT2D eigenvalue weighted by Crippen LogP contribution is -2.29. The Kier molecular flexibility index (Phi) is 4.00. The van der Waals surface area contributed by atoms with E-state index in [9.17, 15) is 0 Å². The molecule has 0 saturated heterocycles. The first kappa shape index (κ1) is 13.5. The van der Waals surface area contributed by atoms with Crippen molar-refractivity contribution < 1.29 is 0 Å². The van der Waals surface area contributed by atoms with Crippen LogP contribution >= 0.6 is 0 Å². The van der Waals surface area contributed by atoms with Crippen molar-refractivity contribution >= 4 is 14.0 Å². The predicted octanol–water partition coefficient (Wildman–Crippen LogP) is 3.80. The normalized spacial score (nSPS) is 12.6. The van der Waals surface area contributed by atoms with E-state index in [-0.39, 0.29) is 5.41 Å². The first-order valence-corrected chi connectivity index (χ1v) is 9.26. The molecule has 0 bridgehead atoms. The Morgan fingerprint density at radius 2 is 1.62 bits per heavy atom. The maximum absolute atomic E-state index is 2.46. The second-order valence-corrected chi connectivity index (χ2v) is 9.33. The van der Waals surface area contributed by atoms with Crippen molar-refractivity contribution in [3.8, 4) is 0 Å². The minimum atomic E-state index is -0.724. The molecule has 0 aliphatic carbocycles. The van der Waals surface area contributed by atoms with Crippen molar-refractivity contribution in [3.63, 3.8) is 0 Å². The molecule has 0 unspecified atom stereocenters. The summed E-state index contributed by atoms with van der Waals surface area (Å²) in [6.07, 6.45) is 0. The summed E-state index contributed by atoms with van der Waals surface area (Å²) in [4.78, 5) is 0. The monoisotopic (exact) mass is 234 g/mol. The van der Waals surface area contributed by atoms with E-state index in [0.29, 0.717) is 5.92 Å². The Balaban J connectivity index is 3.29. The van der Waals surface area contributed by atoms with Crippen LogP contribution in [0.2, 0.25) is 13.1 Å². The van der Waals surface area contributed by atoms with Crippen molar-refractivity contribution in [2.75, 3.05) is 0 Å². The lowest BCUT2D eigenvalue weighted by molar-refractivity contribution is 0.590. The molecule has 1 heteroatoms. The zero-order valence-corrected chi connectivity index (χ0v) is 13.0. The summed E-state index contributed by atoms with van der Waals surface area (Å²) in [5.41, 5.74) is 3.32. The number of rotatable bonds is 2. The molecule has 0 atom stereocenters. The fourth-order valence-corrected chi connectivity index (χ4v) is 3.68. The number of hydrogen-bond donors (Lipinski definition) is 0. The molecule has 1 aromatic carbocycles. The quantitative estimate of drug-likeness (QED) is 0.683. The third kappa shape index (κ3) is 2.97. The van der Waals surface area contributed by atoms with Gasteiger partial charge in [-0.3, -0.25) is 0 Å². The van der Waals surface area contributed by atoms with Gasteiger partial charge in [-0.15, -0.1) is 0 Å². The third-order valence-corrected chi connectivity index (χ3v) is 4.94. The van der Waals surface area contributed by atoms with E-state index in [1.165, 1.54) is 5.56 Å². The Morgan fingerprint density at radius 3 is 2.00 bits per heavy atom. The van der Waals surface area contributed by atoms with Crippen LogP contribution in [0.5, 0.6) is 0 Å². The molecule has 0 amide bonds. The maximum atomic E-state index is 2.46. The smallest absolute Gasteiger partial charge is 0.0651 e. The standard InChI is InChI=1S/C15H26Si/c1-11(2)13-9-8-12(15(3,4)5)10-14(13)16(6)7/h8-11,16H,1-7H3. The fourth-order valence-electron chi connectivity index (χ4n) is 2.07. The molecule has 0 saturated carbocycles. The maximum Gasteiger partial charge on any atom is 0.0651 e. The Bertz CT molecular complexity index is 356. The zero-order valence-electron chi connectivity index (χ0n) is 11.9. The highest BCUT2D eigenvalue weighted by Gasteiger charge is 2.17. The molecule has 0 heterocycles. The average molecular weight is 234 g/mol. The second-order valence-electron chi connectivity index (χ2n) is 6.40. The van der Waals surface area contributed by atoms with E-state index in [2.05, 4.69) is 65.9 Å². The Labute approximate surface area is 103 Å². The van der Waals surface area contributed by atoms with Crippen molar-refractivity contribution in [2.45, 2.75) is 59.0 Å². The molecule has 0 spiro atoms. The fraction of sp³-hybridized carbons (Fsp3) is 0.600. The largest absolute Gasteiger partial charge is 0.0682 e. The van der Waals surface area contributed by atoms with Gasteiger partial charge in [-0.25, -0.2) is 0 Å². The third-order valence-electron chi connectivity index (χ3n) is 3.20. The Hall–Kier alpha value is -0.563. The van der Waals surface area contributed by atoms with Crippen molar-refractivity contribution in [3.05, 3.63) is 29.3 Å². The van der Waals surface area contributed by atoms with E-state index >= 15 is 0 Å². The second kappa shape index (κ2) is 4.75. The highest BCUT2D eigenvalue weighted by Crippen LogP contribution is 2.23. The van der Waals surface area contributed by atoms with Crippen LogP contribution in [-0.4, -0.2) is 8.80 Å². The van der Waals surface area contributed by atoms with Crippen molar-refractivity contribution in [1.82, 2.24) is 0 Å². The first-order chi connectivity index (χ1) is 7.23. The molecule has 1 rings (SSSR count). The molecule has 90 valence electrons. The topological polar surface area (TPSA) is 0 Å².